The topological polar surface area (TPSA) is 78.3 Å². The Kier molecular flexibility index (Phi) is 6.89. The Labute approximate surface area is 204 Å². The highest BCUT2D eigenvalue weighted by molar-refractivity contribution is 7.71. The van der Waals surface area contributed by atoms with Gasteiger partial charge in [-0.15, -0.1) is 0 Å². The molecular formula is C28H30N2O3S. The van der Waals surface area contributed by atoms with Gasteiger partial charge in [0.2, 0.25) is 0 Å². The van der Waals surface area contributed by atoms with Gasteiger partial charge >= 0.3 is 0 Å². The molecule has 1 unspecified atom stereocenters. The molecule has 0 fully saturated rings. The third-order valence-electron chi connectivity index (χ3n) is 6.17. The molecule has 1 amide bonds. The van der Waals surface area contributed by atoms with Crippen LogP contribution in [0.3, 0.4) is 0 Å². The smallest absolute Gasteiger partial charge is 0.266 e. The van der Waals surface area contributed by atoms with Crippen LogP contribution in [0.15, 0.2) is 71.1 Å². The van der Waals surface area contributed by atoms with Crippen molar-refractivity contribution in [3.63, 3.8) is 0 Å². The SMILES string of the molecule is CC(C)(C)c1ccc(CCC(CNC(=O)c2ccccc2O)c2ccc3oc(=S)[nH]c3c2)cc1. The van der Waals surface area contributed by atoms with Crippen LogP contribution < -0.4 is 5.32 Å². The Balaban J connectivity index is 1.53. The van der Waals surface area contributed by atoms with Crippen LogP contribution in [0.2, 0.25) is 0 Å². The first-order valence-corrected chi connectivity index (χ1v) is 11.9. The Morgan fingerprint density at radius 3 is 2.53 bits per heavy atom. The minimum absolute atomic E-state index is 0.0251. The number of rotatable bonds is 7. The monoisotopic (exact) mass is 474 g/mol. The molecule has 6 heteroatoms. The number of carbonyl (C=O) groups is 1. The van der Waals surface area contributed by atoms with Crippen molar-refractivity contribution in [1.29, 1.82) is 0 Å². The van der Waals surface area contributed by atoms with Crippen LogP contribution in [0.4, 0.5) is 0 Å². The quantitative estimate of drug-likeness (QED) is 0.262. The summed E-state index contributed by atoms with van der Waals surface area (Å²) in [4.78, 5) is 16.1. The number of amides is 1. The zero-order chi connectivity index (χ0) is 24.3. The number of hydrogen-bond acceptors (Lipinski definition) is 4. The maximum Gasteiger partial charge on any atom is 0.266 e. The van der Waals surface area contributed by atoms with Gasteiger partial charge in [0.15, 0.2) is 5.58 Å². The zero-order valence-electron chi connectivity index (χ0n) is 19.7. The fourth-order valence-corrected chi connectivity index (χ4v) is 4.30. The van der Waals surface area contributed by atoms with Crippen LogP contribution >= 0.6 is 12.2 Å². The maximum atomic E-state index is 12.7. The number of H-pyrrole nitrogens is 1. The molecule has 1 aromatic heterocycles. The van der Waals surface area contributed by atoms with Crippen LogP contribution in [0.25, 0.3) is 11.1 Å². The summed E-state index contributed by atoms with van der Waals surface area (Å²) in [6.07, 6.45) is 1.72. The molecule has 34 heavy (non-hydrogen) atoms. The minimum Gasteiger partial charge on any atom is -0.507 e. The number of phenols is 1. The summed E-state index contributed by atoms with van der Waals surface area (Å²) in [6.45, 7) is 7.07. The average molecular weight is 475 g/mol. The number of aromatic nitrogens is 1. The lowest BCUT2D eigenvalue weighted by atomic mass is 9.86. The van der Waals surface area contributed by atoms with Gasteiger partial charge in [-0.05, 0) is 71.4 Å². The van der Waals surface area contributed by atoms with Crippen molar-refractivity contribution < 1.29 is 14.3 Å². The first-order chi connectivity index (χ1) is 16.2. The highest BCUT2D eigenvalue weighted by Gasteiger charge is 2.18. The first kappa shape index (κ1) is 23.8. The molecule has 0 bridgehead atoms. The van der Waals surface area contributed by atoms with Gasteiger partial charge < -0.3 is 19.8 Å². The highest BCUT2D eigenvalue weighted by atomic mass is 32.1. The zero-order valence-corrected chi connectivity index (χ0v) is 20.5. The molecule has 0 radical (unpaired) electrons. The van der Waals surface area contributed by atoms with E-state index in [4.69, 9.17) is 16.6 Å². The number of benzene rings is 3. The predicted molar refractivity (Wildman–Crippen MR) is 138 cm³/mol. The molecule has 3 N–H and O–H groups in total. The van der Waals surface area contributed by atoms with E-state index >= 15 is 0 Å². The molecule has 3 aromatic carbocycles. The molecule has 1 heterocycles. The number of hydrogen-bond donors (Lipinski definition) is 3. The minimum atomic E-state index is -0.290. The number of aryl methyl sites for hydroxylation is 1. The van der Waals surface area contributed by atoms with Crippen molar-refractivity contribution in [3.8, 4) is 5.75 Å². The fraction of sp³-hybridized carbons (Fsp3) is 0.286. The van der Waals surface area contributed by atoms with Crippen LogP contribution in [0.1, 0.15) is 60.2 Å². The molecule has 5 nitrogen and oxygen atoms in total. The molecular weight excluding hydrogens is 444 g/mol. The van der Waals surface area contributed by atoms with Crippen molar-refractivity contribution in [2.24, 2.45) is 0 Å². The van der Waals surface area contributed by atoms with Gasteiger partial charge in [-0.2, -0.15) is 0 Å². The third kappa shape index (κ3) is 5.57. The van der Waals surface area contributed by atoms with Crippen molar-refractivity contribution in [2.45, 2.75) is 44.9 Å². The van der Waals surface area contributed by atoms with E-state index in [9.17, 15) is 9.90 Å². The van der Waals surface area contributed by atoms with Crippen molar-refractivity contribution in [1.82, 2.24) is 10.3 Å². The first-order valence-electron chi connectivity index (χ1n) is 11.5. The fourth-order valence-electron chi connectivity index (χ4n) is 4.10. The van der Waals surface area contributed by atoms with E-state index in [1.54, 1.807) is 18.2 Å². The maximum absolute atomic E-state index is 12.7. The number of aromatic amines is 1. The molecule has 0 saturated heterocycles. The summed E-state index contributed by atoms with van der Waals surface area (Å²) in [7, 11) is 0. The van der Waals surface area contributed by atoms with Gasteiger partial charge in [-0.1, -0.05) is 63.2 Å². The van der Waals surface area contributed by atoms with Crippen LogP contribution in [-0.2, 0) is 11.8 Å². The van der Waals surface area contributed by atoms with Gasteiger partial charge in [-0.25, -0.2) is 0 Å². The summed E-state index contributed by atoms with van der Waals surface area (Å²) < 4.78 is 5.50. The second-order valence-electron chi connectivity index (χ2n) is 9.68. The molecule has 4 rings (SSSR count). The molecule has 0 aliphatic carbocycles. The lowest BCUT2D eigenvalue weighted by molar-refractivity contribution is 0.0948. The summed E-state index contributed by atoms with van der Waals surface area (Å²) in [5, 5.41) is 13.0. The van der Waals surface area contributed by atoms with Crippen molar-refractivity contribution in [3.05, 3.63) is 93.8 Å². The number of para-hydroxylation sites is 1. The second-order valence-corrected chi connectivity index (χ2v) is 10.1. The third-order valence-corrected chi connectivity index (χ3v) is 6.36. The lowest BCUT2D eigenvalue weighted by Gasteiger charge is -2.20. The van der Waals surface area contributed by atoms with E-state index < -0.39 is 0 Å². The number of fused-ring (bicyclic) bond motifs is 1. The predicted octanol–water partition coefficient (Wildman–Crippen LogP) is 6.64. The standard InChI is InChI=1S/C28H30N2O3S/c1-28(2,3)21-13-9-18(10-14-21)8-11-20(17-29-26(32)22-6-4-5-7-24(22)31)19-12-15-25-23(16-19)30-27(34)33-25/h4-7,9-10,12-16,20,31H,8,11,17H2,1-3H3,(H,29,32)(H,30,34). The molecule has 0 spiro atoms. The van der Waals surface area contributed by atoms with Crippen molar-refractivity contribution >= 4 is 29.2 Å². The van der Waals surface area contributed by atoms with Crippen LogP contribution in [0, 0.1) is 4.84 Å². The van der Waals surface area contributed by atoms with Gasteiger partial charge in [-0.3, -0.25) is 4.79 Å². The second kappa shape index (κ2) is 9.85. The molecule has 0 aliphatic heterocycles. The van der Waals surface area contributed by atoms with E-state index in [1.165, 1.54) is 17.2 Å². The van der Waals surface area contributed by atoms with E-state index in [-0.39, 0.29) is 28.6 Å². The number of nitrogens with one attached hydrogen (secondary N) is 2. The number of oxazole rings is 1. The van der Waals surface area contributed by atoms with Gasteiger partial charge in [0.25, 0.3) is 10.7 Å². The number of aromatic hydroxyl groups is 1. The average Bonchev–Trinajstić information content (AvgIpc) is 3.18. The van der Waals surface area contributed by atoms with E-state index in [0.717, 1.165) is 23.9 Å². The van der Waals surface area contributed by atoms with E-state index in [2.05, 4.69) is 55.3 Å². The molecule has 0 saturated carbocycles. The Morgan fingerprint density at radius 2 is 1.82 bits per heavy atom. The largest absolute Gasteiger partial charge is 0.507 e. The summed E-state index contributed by atoms with van der Waals surface area (Å²) in [5.74, 6) is -0.248. The summed E-state index contributed by atoms with van der Waals surface area (Å²) in [6, 6.07) is 21.3. The van der Waals surface area contributed by atoms with E-state index in [1.807, 2.05) is 18.2 Å². The van der Waals surface area contributed by atoms with Crippen LogP contribution in [-0.4, -0.2) is 22.5 Å². The number of phenolic OH excluding ortho intramolecular Hbond substituents is 1. The Bertz CT molecular complexity index is 1350. The van der Waals surface area contributed by atoms with Gasteiger partial charge in [0, 0.05) is 12.5 Å². The Morgan fingerprint density at radius 1 is 1.09 bits per heavy atom. The molecule has 1 atom stereocenters. The lowest BCUT2D eigenvalue weighted by Crippen LogP contribution is -2.28. The van der Waals surface area contributed by atoms with E-state index in [0.29, 0.717) is 17.0 Å². The van der Waals surface area contributed by atoms with Crippen molar-refractivity contribution in [2.75, 3.05) is 6.54 Å². The summed E-state index contributed by atoms with van der Waals surface area (Å²) >= 11 is 5.12. The highest BCUT2D eigenvalue weighted by Crippen LogP contribution is 2.27. The van der Waals surface area contributed by atoms with Gasteiger partial charge in [0.05, 0.1) is 11.1 Å². The molecule has 4 aromatic rings. The van der Waals surface area contributed by atoms with Gasteiger partial charge in [0.1, 0.15) is 5.75 Å². The van der Waals surface area contributed by atoms with Crippen LogP contribution in [0.5, 0.6) is 5.75 Å². The Hall–Kier alpha value is -3.38. The normalized spacial score (nSPS) is 12.6. The summed E-state index contributed by atoms with van der Waals surface area (Å²) in [5.41, 5.74) is 5.60. The molecule has 176 valence electrons. The molecule has 0 aliphatic rings. The number of carbonyl (C=O) groups excluding carboxylic acids is 1.